The van der Waals surface area contributed by atoms with E-state index in [1.54, 1.807) is 0 Å². The molecular weight excluding hydrogens is 138 g/mol. The standard InChI is InChI=1S/C9H18NO/c1-10-7-3-2-5-9(10)6-4-8-11/h9H,2-8H2,1H3. The Morgan fingerprint density at radius 2 is 2.27 bits per heavy atom. The van der Waals surface area contributed by atoms with Gasteiger partial charge in [-0.3, -0.25) is 0 Å². The van der Waals surface area contributed by atoms with Gasteiger partial charge in [0.2, 0.25) is 0 Å². The van der Waals surface area contributed by atoms with Crippen LogP contribution >= 0.6 is 0 Å². The second-order valence-corrected chi connectivity index (χ2v) is 3.48. The summed E-state index contributed by atoms with van der Waals surface area (Å²) in [6.07, 6.45) is 5.96. The molecule has 0 amide bonds. The highest BCUT2D eigenvalue weighted by Crippen LogP contribution is 2.18. The maximum Gasteiger partial charge on any atom is 0.0822 e. The van der Waals surface area contributed by atoms with Gasteiger partial charge in [0.1, 0.15) is 0 Å². The van der Waals surface area contributed by atoms with Gasteiger partial charge in [-0.05, 0) is 39.3 Å². The van der Waals surface area contributed by atoms with Crippen LogP contribution in [0.25, 0.3) is 0 Å². The Balaban J connectivity index is 2.18. The quantitative estimate of drug-likeness (QED) is 0.609. The first-order chi connectivity index (χ1) is 5.34. The number of piperidine rings is 1. The van der Waals surface area contributed by atoms with E-state index in [0.29, 0.717) is 6.04 Å². The molecule has 1 fully saturated rings. The van der Waals surface area contributed by atoms with E-state index in [-0.39, 0.29) is 6.61 Å². The Hall–Kier alpha value is -0.0800. The van der Waals surface area contributed by atoms with Crippen LogP contribution in [-0.2, 0) is 5.11 Å². The molecule has 0 spiro atoms. The summed E-state index contributed by atoms with van der Waals surface area (Å²) < 4.78 is 0. The van der Waals surface area contributed by atoms with Crippen molar-refractivity contribution in [2.24, 2.45) is 0 Å². The Morgan fingerprint density at radius 1 is 1.45 bits per heavy atom. The van der Waals surface area contributed by atoms with Crippen LogP contribution in [0.15, 0.2) is 0 Å². The normalized spacial score (nSPS) is 27.3. The molecule has 0 saturated carbocycles. The first-order valence-electron chi connectivity index (χ1n) is 4.63. The van der Waals surface area contributed by atoms with E-state index in [0.717, 1.165) is 12.8 Å². The summed E-state index contributed by atoms with van der Waals surface area (Å²) in [5.41, 5.74) is 0. The maximum atomic E-state index is 10.3. The molecule has 1 aliphatic heterocycles. The lowest BCUT2D eigenvalue weighted by molar-refractivity contribution is 0.142. The SMILES string of the molecule is CN1CCCCC1CCC[O]. The molecule has 0 N–H and O–H groups in total. The van der Waals surface area contributed by atoms with Gasteiger partial charge < -0.3 is 4.90 Å². The van der Waals surface area contributed by atoms with Gasteiger partial charge in [0, 0.05) is 6.04 Å². The predicted octanol–water partition coefficient (Wildman–Crippen LogP) is 1.68. The van der Waals surface area contributed by atoms with Crippen molar-refractivity contribution in [3.8, 4) is 0 Å². The van der Waals surface area contributed by atoms with E-state index in [4.69, 9.17) is 0 Å². The van der Waals surface area contributed by atoms with Crippen LogP contribution < -0.4 is 0 Å². The summed E-state index contributed by atoms with van der Waals surface area (Å²) in [5.74, 6) is 0. The Kier molecular flexibility index (Phi) is 3.87. The topological polar surface area (TPSA) is 23.1 Å². The second kappa shape index (κ2) is 4.73. The first kappa shape index (κ1) is 9.01. The van der Waals surface area contributed by atoms with Crippen molar-refractivity contribution in [1.29, 1.82) is 0 Å². The lowest BCUT2D eigenvalue weighted by atomic mass is 9.99. The second-order valence-electron chi connectivity index (χ2n) is 3.48. The van der Waals surface area contributed by atoms with Crippen LogP contribution in [0.2, 0.25) is 0 Å². The molecule has 0 aromatic rings. The molecule has 0 aromatic heterocycles. The van der Waals surface area contributed by atoms with Gasteiger partial charge in [-0.25, -0.2) is 5.11 Å². The van der Waals surface area contributed by atoms with Crippen LogP contribution in [0, 0.1) is 0 Å². The van der Waals surface area contributed by atoms with Gasteiger partial charge in [0.25, 0.3) is 0 Å². The highest BCUT2D eigenvalue weighted by atomic mass is 16.2. The molecule has 1 radical (unpaired) electrons. The van der Waals surface area contributed by atoms with Crippen molar-refractivity contribution in [3.63, 3.8) is 0 Å². The molecule has 11 heavy (non-hydrogen) atoms. The number of hydrogen-bond acceptors (Lipinski definition) is 1. The lowest BCUT2D eigenvalue weighted by Crippen LogP contribution is -2.36. The highest BCUT2D eigenvalue weighted by molar-refractivity contribution is 4.73. The van der Waals surface area contributed by atoms with Crippen LogP contribution in [0.4, 0.5) is 0 Å². The van der Waals surface area contributed by atoms with Crippen molar-refractivity contribution in [1.82, 2.24) is 4.90 Å². The summed E-state index contributed by atoms with van der Waals surface area (Å²) >= 11 is 0. The van der Waals surface area contributed by atoms with Crippen molar-refractivity contribution >= 4 is 0 Å². The third-order valence-corrected chi connectivity index (χ3v) is 2.60. The zero-order valence-electron chi connectivity index (χ0n) is 7.38. The molecule has 65 valence electrons. The third kappa shape index (κ3) is 2.80. The molecule has 1 aliphatic rings. The minimum atomic E-state index is 0.102. The number of nitrogens with zero attached hydrogens (tertiary/aromatic N) is 1. The minimum Gasteiger partial charge on any atom is -0.303 e. The van der Waals surface area contributed by atoms with Gasteiger partial charge in [-0.2, -0.15) is 0 Å². The van der Waals surface area contributed by atoms with E-state index in [1.165, 1.54) is 25.8 Å². The smallest absolute Gasteiger partial charge is 0.0822 e. The van der Waals surface area contributed by atoms with Gasteiger partial charge >= 0.3 is 0 Å². The highest BCUT2D eigenvalue weighted by Gasteiger charge is 2.17. The van der Waals surface area contributed by atoms with Crippen molar-refractivity contribution in [3.05, 3.63) is 0 Å². The van der Waals surface area contributed by atoms with Crippen molar-refractivity contribution in [2.75, 3.05) is 20.2 Å². The first-order valence-corrected chi connectivity index (χ1v) is 4.63. The van der Waals surface area contributed by atoms with E-state index in [1.807, 2.05) is 0 Å². The van der Waals surface area contributed by atoms with E-state index < -0.39 is 0 Å². The largest absolute Gasteiger partial charge is 0.303 e. The third-order valence-electron chi connectivity index (χ3n) is 2.60. The Labute approximate surface area is 69.2 Å². The van der Waals surface area contributed by atoms with Crippen molar-refractivity contribution < 1.29 is 5.11 Å². The molecule has 1 unspecified atom stereocenters. The molecule has 1 heterocycles. The zero-order chi connectivity index (χ0) is 8.10. The van der Waals surface area contributed by atoms with Gasteiger partial charge in [-0.15, -0.1) is 0 Å². The Bertz CT molecular complexity index is 106. The fourth-order valence-corrected chi connectivity index (χ4v) is 1.83. The maximum absolute atomic E-state index is 10.3. The number of likely N-dealkylation sites (tertiary alicyclic amines) is 1. The summed E-state index contributed by atoms with van der Waals surface area (Å²) in [5, 5.41) is 10.3. The monoisotopic (exact) mass is 156 g/mol. The molecule has 0 bridgehead atoms. The van der Waals surface area contributed by atoms with E-state index in [9.17, 15) is 5.11 Å². The average Bonchev–Trinajstić information content (AvgIpc) is 2.03. The van der Waals surface area contributed by atoms with E-state index >= 15 is 0 Å². The fourth-order valence-electron chi connectivity index (χ4n) is 1.83. The van der Waals surface area contributed by atoms with Crippen molar-refractivity contribution in [2.45, 2.75) is 38.1 Å². The number of rotatable bonds is 3. The summed E-state index contributed by atoms with van der Waals surface area (Å²) in [4.78, 5) is 2.40. The predicted molar refractivity (Wildman–Crippen MR) is 45.1 cm³/mol. The van der Waals surface area contributed by atoms with Crippen LogP contribution in [-0.4, -0.2) is 31.1 Å². The summed E-state index contributed by atoms with van der Waals surface area (Å²) in [6.45, 7) is 1.33. The molecule has 1 atom stereocenters. The van der Waals surface area contributed by atoms with Gasteiger partial charge in [0.05, 0.1) is 6.61 Å². The van der Waals surface area contributed by atoms with Gasteiger partial charge in [0.15, 0.2) is 0 Å². The van der Waals surface area contributed by atoms with Gasteiger partial charge in [-0.1, -0.05) is 6.42 Å². The van der Waals surface area contributed by atoms with E-state index in [2.05, 4.69) is 11.9 Å². The summed E-state index contributed by atoms with van der Waals surface area (Å²) in [6, 6.07) is 0.706. The fraction of sp³-hybridized carbons (Fsp3) is 1.00. The average molecular weight is 156 g/mol. The molecule has 2 heteroatoms. The van der Waals surface area contributed by atoms with Crippen LogP contribution in [0.5, 0.6) is 0 Å². The van der Waals surface area contributed by atoms with Crippen LogP contribution in [0.3, 0.4) is 0 Å². The molecule has 2 nitrogen and oxygen atoms in total. The molecule has 0 aromatic carbocycles. The number of hydrogen-bond donors (Lipinski definition) is 0. The van der Waals surface area contributed by atoms with Crippen LogP contribution in [0.1, 0.15) is 32.1 Å². The minimum absolute atomic E-state index is 0.102. The molecule has 1 saturated heterocycles. The zero-order valence-corrected chi connectivity index (χ0v) is 7.38. The molecular formula is C9H18NO. The Morgan fingerprint density at radius 3 is 2.91 bits per heavy atom. The lowest BCUT2D eigenvalue weighted by Gasteiger charge is -2.32. The summed E-state index contributed by atoms with van der Waals surface area (Å²) in [7, 11) is 2.18. The molecule has 1 rings (SSSR count). The molecule has 0 aliphatic carbocycles.